The number of nitrogens with zero attached hydrogens (tertiary/aromatic N) is 1. The molecule has 0 radical (unpaired) electrons. The number of halogens is 1. The number of para-hydroxylation sites is 1. The number of carbonyl (C=O) groups is 2. The minimum absolute atomic E-state index is 0.00699. The Morgan fingerprint density at radius 3 is 2.24 bits per heavy atom. The lowest BCUT2D eigenvalue weighted by Crippen LogP contribution is -2.47. The molecule has 37 heavy (non-hydrogen) atoms. The summed E-state index contributed by atoms with van der Waals surface area (Å²) in [5.74, 6) is -0.691. The molecule has 1 aliphatic heterocycles. The van der Waals surface area contributed by atoms with E-state index in [2.05, 4.69) is 0 Å². The van der Waals surface area contributed by atoms with Crippen molar-refractivity contribution in [1.82, 2.24) is 0 Å². The summed E-state index contributed by atoms with van der Waals surface area (Å²) in [4.78, 5) is 26.2. The molecule has 0 bridgehead atoms. The standard InChI is InChI=1S/C25H23ClN2O8S/c1-14-11-19-17(13-18(14)26)25(36-24(27)30,16-7-5-6-8-20(16)34-3)23(29)28(19)37(31,32)22-10-9-15(33-2)12-21(22)35-4/h5-13H,1-4H3,(H2,27,30). The number of sulfonamides is 1. The zero-order valence-corrected chi connectivity index (χ0v) is 21.8. The van der Waals surface area contributed by atoms with Gasteiger partial charge in [-0.1, -0.05) is 29.8 Å². The number of hydrogen-bond acceptors (Lipinski definition) is 8. The van der Waals surface area contributed by atoms with E-state index in [-0.39, 0.29) is 38.2 Å². The van der Waals surface area contributed by atoms with Crippen LogP contribution in [-0.2, 0) is 25.2 Å². The van der Waals surface area contributed by atoms with Crippen LogP contribution in [0.25, 0.3) is 0 Å². The number of ether oxygens (including phenoxy) is 4. The Hall–Kier alpha value is -3.96. The molecule has 1 unspecified atom stereocenters. The molecule has 3 aromatic carbocycles. The number of nitrogens with two attached hydrogens (primary N) is 1. The fourth-order valence-corrected chi connectivity index (χ4v) is 6.06. The van der Waals surface area contributed by atoms with Crippen molar-refractivity contribution in [2.45, 2.75) is 17.4 Å². The third-order valence-electron chi connectivity index (χ3n) is 5.99. The Balaban J connectivity index is 2.09. The van der Waals surface area contributed by atoms with Crippen LogP contribution in [0, 0.1) is 6.92 Å². The highest BCUT2D eigenvalue weighted by atomic mass is 35.5. The molecule has 1 aliphatic rings. The summed E-state index contributed by atoms with van der Waals surface area (Å²) < 4.78 is 50.1. The monoisotopic (exact) mass is 546 g/mol. The molecule has 4 rings (SSSR count). The van der Waals surface area contributed by atoms with Crippen LogP contribution in [0.2, 0.25) is 5.02 Å². The number of rotatable bonds is 7. The fourth-order valence-electron chi connectivity index (χ4n) is 4.31. The Morgan fingerprint density at radius 2 is 1.62 bits per heavy atom. The van der Waals surface area contributed by atoms with Crippen LogP contribution in [0.4, 0.5) is 10.5 Å². The number of aryl methyl sites for hydroxylation is 1. The number of primary amides is 1. The van der Waals surface area contributed by atoms with Gasteiger partial charge in [-0.2, -0.15) is 4.31 Å². The quantitative estimate of drug-likeness (QED) is 0.473. The first kappa shape index (κ1) is 26.1. The highest BCUT2D eigenvalue weighted by molar-refractivity contribution is 7.93. The van der Waals surface area contributed by atoms with Gasteiger partial charge in [0.1, 0.15) is 22.1 Å². The largest absolute Gasteiger partial charge is 0.497 e. The molecule has 10 nitrogen and oxygen atoms in total. The van der Waals surface area contributed by atoms with Crippen LogP contribution in [0.1, 0.15) is 16.7 Å². The lowest BCUT2D eigenvalue weighted by atomic mass is 9.86. The molecule has 0 aromatic heterocycles. The average molecular weight is 547 g/mol. The predicted octanol–water partition coefficient (Wildman–Crippen LogP) is 3.75. The average Bonchev–Trinajstić information content (AvgIpc) is 3.11. The van der Waals surface area contributed by atoms with Gasteiger partial charge in [0.05, 0.1) is 32.6 Å². The topological polar surface area (TPSA) is 134 Å². The van der Waals surface area contributed by atoms with Crippen molar-refractivity contribution >= 4 is 39.3 Å². The second kappa shape index (κ2) is 9.49. The van der Waals surface area contributed by atoms with Crippen molar-refractivity contribution in [3.05, 3.63) is 76.3 Å². The fraction of sp³-hybridized carbons (Fsp3) is 0.200. The number of carbonyl (C=O) groups excluding carboxylic acids is 2. The number of fused-ring (bicyclic) bond motifs is 1. The first-order chi connectivity index (χ1) is 17.5. The molecule has 1 atom stereocenters. The normalized spacial score (nSPS) is 16.8. The molecule has 0 aliphatic carbocycles. The van der Waals surface area contributed by atoms with Crippen LogP contribution in [0.5, 0.6) is 17.2 Å². The molecule has 1 heterocycles. The van der Waals surface area contributed by atoms with Gasteiger partial charge in [-0.05, 0) is 42.8 Å². The lowest BCUT2D eigenvalue weighted by Gasteiger charge is -2.29. The smallest absolute Gasteiger partial charge is 0.406 e. The van der Waals surface area contributed by atoms with Crippen LogP contribution >= 0.6 is 11.6 Å². The molecule has 3 aromatic rings. The maximum absolute atomic E-state index is 14.3. The Morgan fingerprint density at radius 1 is 0.946 bits per heavy atom. The molecule has 0 fully saturated rings. The van der Waals surface area contributed by atoms with Crippen LogP contribution in [-0.4, -0.2) is 41.7 Å². The van der Waals surface area contributed by atoms with Gasteiger partial charge >= 0.3 is 6.09 Å². The summed E-state index contributed by atoms with van der Waals surface area (Å²) in [5, 5.41) is 0.208. The van der Waals surface area contributed by atoms with Crippen molar-refractivity contribution in [2.24, 2.45) is 5.73 Å². The molecule has 0 saturated heterocycles. The van der Waals surface area contributed by atoms with Gasteiger partial charge in [-0.3, -0.25) is 4.79 Å². The maximum atomic E-state index is 14.3. The van der Waals surface area contributed by atoms with E-state index >= 15 is 0 Å². The van der Waals surface area contributed by atoms with Gasteiger partial charge in [-0.15, -0.1) is 0 Å². The lowest BCUT2D eigenvalue weighted by molar-refractivity contribution is -0.131. The molecule has 2 amide bonds. The van der Waals surface area contributed by atoms with Crippen molar-refractivity contribution in [3.63, 3.8) is 0 Å². The molecule has 2 N–H and O–H groups in total. The second-order valence-corrected chi connectivity index (χ2v) is 10.2. The maximum Gasteiger partial charge on any atom is 0.406 e. The number of anilines is 1. The number of hydrogen-bond donors (Lipinski definition) is 1. The first-order valence-corrected chi connectivity index (χ1v) is 12.6. The van der Waals surface area contributed by atoms with E-state index in [0.717, 1.165) is 0 Å². The highest BCUT2D eigenvalue weighted by Crippen LogP contribution is 2.53. The van der Waals surface area contributed by atoms with Gasteiger partial charge in [0.2, 0.25) is 5.60 Å². The number of methoxy groups -OCH3 is 3. The van der Waals surface area contributed by atoms with E-state index < -0.39 is 27.6 Å². The molecule has 0 saturated carbocycles. The van der Waals surface area contributed by atoms with Crippen molar-refractivity contribution in [2.75, 3.05) is 25.6 Å². The van der Waals surface area contributed by atoms with E-state index in [0.29, 0.717) is 15.6 Å². The van der Waals surface area contributed by atoms with Crippen molar-refractivity contribution in [1.29, 1.82) is 0 Å². The minimum atomic E-state index is -4.65. The van der Waals surface area contributed by atoms with Crippen LogP contribution in [0.3, 0.4) is 0 Å². The summed E-state index contributed by atoms with van der Waals surface area (Å²) >= 11 is 6.41. The van der Waals surface area contributed by atoms with E-state index in [9.17, 15) is 18.0 Å². The Bertz CT molecular complexity index is 1530. The molecular formula is C25H23ClN2O8S. The van der Waals surface area contributed by atoms with Gasteiger partial charge < -0.3 is 24.7 Å². The SMILES string of the molecule is COc1ccc(S(=O)(=O)N2C(=O)C(OC(N)=O)(c3ccccc3OC)c3cc(Cl)c(C)cc32)c(OC)c1. The first-order valence-electron chi connectivity index (χ1n) is 10.8. The third kappa shape index (κ3) is 4.00. The number of benzene rings is 3. The Kier molecular flexibility index (Phi) is 6.70. The van der Waals surface area contributed by atoms with Gasteiger partial charge in [0.15, 0.2) is 0 Å². The minimum Gasteiger partial charge on any atom is -0.497 e. The highest BCUT2D eigenvalue weighted by Gasteiger charge is 2.60. The summed E-state index contributed by atoms with van der Waals surface area (Å²) in [5.41, 5.74) is 3.56. The molecule has 0 spiro atoms. The van der Waals surface area contributed by atoms with Crippen molar-refractivity contribution in [3.8, 4) is 17.2 Å². The third-order valence-corrected chi connectivity index (χ3v) is 8.13. The van der Waals surface area contributed by atoms with Crippen LogP contribution in [0.15, 0.2) is 59.5 Å². The van der Waals surface area contributed by atoms with E-state index in [1.54, 1.807) is 19.1 Å². The Labute approximate surface area is 218 Å². The summed E-state index contributed by atoms with van der Waals surface area (Å²) in [7, 11) is -0.589. The van der Waals surface area contributed by atoms with Crippen LogP contribution < -0.4 is 24.2 Å². The van der Waals surface area contributed by atoms with Crippen molar-refractivity contribution < 1.29 is 37.0 Å². The summed E-state index contributed by atoms with van der Waals surface area (Å²) in [6.45, 7) is 1.64. The number of amides is 2. The van der Waals surface area contributed by atoms with E-state index in [4.69, 9.17) is 36.3 Å². The molecular weight excluding hydrogens is 524 g/mol. The summed E-state index contributed by atoms with van der Waals surface area (Å²) in [6, 6.07) is 13.1. The van der Waals surface area contributed by atoms with Gasteiger partial charge in [0, 0.05) is 16.7 Å². The van der Waals surface area contributed by atoms with Gasteiger partial charge in [-0.25, -0.2) is 13.2 Å². The second-order valence-electron chi connectivity index (χ2n) is 8.01. The zero-order chi connectivity index (χ0) is 27.1. The predicted molar refractivity (Wildman–Crippen MR) is 135 cm³/mol. The van der Waals surface area contributed by atoms with E-state index in [1.807, 2.05) is 0 Å². The summed E-state index contributed by atoms with van der Waals surface area (Å²) in [6.07, 6.45) is -1.32. The molecule has 194 valence electrons. The molecule has 12 heteroatoms. The zero-order valence-electron chi connectivity index (χ0n) is 20.3. The van der Waals surface area contributed by atoms with Gasteiger partial charge in [0.25, 0.3) is 15.9 Å². The van der Waals surface area contributed by atoms with E-state index in [1.165, 1.54) is 63.8 Å².